The highest BCUT2D eigenvalue weighted by atomic mass is 19.1. The summed E-state index contributed by atoms with van der Waals surface area (Å²) in [6.07, 6.45) is 0. The van der Waals surface area contributed by atoms with E-state index in [1.54, 1.807) is 26.4 Å². The Morgan fingerprint density at radius 2 is 1.67 bits per heavy atom. The van der Waals surface area contributed by atoms with Crippen molar-refractivity contribution in [3.63, 3.8) is 0 Å². The lowest BCUT2D eigenvalue weighted by atomic mass is 9.93. The number of rotatable bonds is 5. The number of halogens is 1. The van der Waals surface area contributed by atoms with Crippen molar-refractivity contribution in [2.45, 2.75) is 13.0 Å². The first-order chi connectivity index (χ1) is 10.1. The van der Waals surface area contributed by atoms with Gasteiger partial charge >= 0.3 is 0 Å². The summed E-state index contributed by atoms with van der Waals surface area (Å²) in [6.45, 7) is 1.96. The zero-order valence-electron chi connectivity index (χ0n) is 12.7. The number of nitrogens with one attached hydrogen (secondary N) is 1. The van der Waals surface area contributed by atoms with Gasteiger partial charge in [-0.15, -0.1) is 0 Å². The average Bonchev–Trinajstić information content (AvgIpc) is 2.51. The van der Waals surface area contributed by atoms with Gasteiger partial charge in [-0.1, -0.05) is 12.1 Å². The van der Waals surface area contributed by atoms with Gasteiger partial charge in [-0.2, -0.15) is 0 Å². The van der Waals surface area contributed by atoms with Crippen LogP contribution in [0.4, 0.5) is 4.39 Å². The monoisotopic (exact) mass is 289 g/mol. The minimum atomic E-state index is -0.260. The minimum Gasteiger partial charge on any atom is -0.496 e. The Morgan fingerprint density at radius 3 is 2.19 bits per heavy atom. The van der Waals surface area contributed by atoms with Gasteiger partial charge < -0.3 is 14.8 Å². The zero-order valence-corrected chi connectivity index (χ0v) is 12.7. The Labute approximate surface area is 124 Å². The van der Waals surface area contributed by atoms with Crippen LogP contribution in [0.1, 0.15) is 22.7 Å². The molecule has 4 heteroatoms. The molecule has 2 rings (SSSR count). The summed E-state index contributed by atoms with van der Waals surface area (Å²) in [4.78, 5) is 0. The number of methoxy groups -OCH3 is 2. The third kappa shape index (κ3) is 3.00. The maximum absolute atomic E-state index is 13.6. The van der Waals surface area contributed by atoms with Gasteiger partial charge in [0, 0.05) is 0 Å². The highest BCUT2D eigenvalue weighted by molar-refractivity contribution is 5.51. The second-order valence-electron chi connectivity index (χ2n) is 4.80. The van der Waals surface area contributed by atoms with Crippen molar-refractivity contribution in [3.8, 4) is 11.5 Å². The van der Waals surface area contributed by atoms with Crippen LogP contribution in [0, 0.1) is 12.7 Å². The fourth-order valence-corrected chi connectivity index (χ4v) is 2.54. The standard InChI is InChI=1S/C17H20FNO2/c1-11-8-9-12(18)10-13(11)17(19-2)16-14(20-3)6-5-7-15(16)21-4/h5-10,17,19H,1-4H3. The molecule has 0 heterocycles. The zero-order chi connectivity index (χ0) is 15.4. The predicted molar refractivity (Wildman–Crippen MR) is 81.6 cm³/mol. The SMILES string of the molecule is CNC(c1cc(F)ccc1C)c1c(OC)cccc1OC. The van der Waals surface area contributed by atoms with Gasteiger partial charge in [-0.25, -0.2) is 4.39 Å². The predicted octanol–water partition coefficient (Wildman–Crippen LogP) is 3.46. The Kier molecular flexibility index (Phi) is 4.81. The molecule has 0 saturated heterocycles. The van der Waals surface area contributed by atoms with Crippen LogP contribution in [0.25, 0.3) is 0 Å². The number of hydrogen-bond acceptors (Lipinski definition) is 3. The van der Waals surface area contributed by atoms with Gasteiger partial charge in [0.25, 0.3) is 0 Å². The van der Waals surface area contributed by atoms with Crippen LogP contribution in [0.3, 0.4) is 0 Å². The van der Waals surface area contributed by atoms with E-state index in [4.69, 9.17) is 9.47 Å². The second-order valence-corrected chi connectivity index (χ2v) is 4.80. The first kappa shape index (κ1) is 15.3. The lowest BCUT2D eigenvalue weighted by Crippen LogP contribution is -2.20. The quantitative estimate of drug-likeness (QED) is 0.914. The van der Waals surface area contributed by atoms with E-state index in [1.165, 1.54) is 6.07 Å². The fourth-order valence-electron chi connectivity index (χ4n) is 2.54. The lowest BCUT2D eigenvalue weighted by molar-refractivity contribution is 0.378. The highest BCUT2D eigenvalue weighted by Crippen LogP contribution is 2.38. The molecule has 0 aliphatic heterocycles. The topological polar surface area (TPSA) is 30.5 Å². The fraction of sp³-hybridized carbons (Fsp3) is 0.294. The molecule has 0 radical (unpaired) electrons. The van der Waals surface area contributed by atoms with E-state index >= 15 is 0 Å². The van der Waals surface area contributed by atoms with Gasteiger partial charge in [0.15, 0.2) is 0 Å². The highest BCUT2D eigenvalue weighted by Gasteiger charge is 2.23. The number of hydrogen-bond donors (Lipinski definition) is 1. The van der Waals surface area contributed by atoms with Gasteiger partial charge in [0.05, 0.1) is 25.8 Å². The number of ether oxygens (including phenoxy) is 2. The smallest absolute Gasteiger partial charge is 0.127 e. The van der Waals surface area contributed by atoms with Crippen LogP contribution < -0.4 is 14.8 Å². The van der Waals surface area contributed by atoms with Crippen molar-refractivity contribution in [3.05, 3.63) is 58.9 Å². The average molecular weight is 289 g/mol. The van der Waals surface area contributed by atoms with Crippen molar-refractivity contribution >= 4 is 0 Å². The normalized spacial score (nSPS) is 12.0. The third-order valence-corrected chi connectivity index (χ3v) is 3.60. The van der Waals surface area contributed by atoms with Crippen LogP contribution in [0.2, 0.25) is 0 Å². The summed E-state index contributed by atoms with van der Waals surface area (Å²) < 4.78 is 24.5. The van der Waals surface area contributed by atoms with Crippen LogP contribution in [0.15, 0.2) is 36.4 Å². The molecule has 0 aliphatic rings. The maximum Gasteiger partial charge on any atom is 0.127 e. The summed E-state index contributed by atoms with van der Waals surface area (Å²) in [5, 5.41) is 3.23. The molecule has 112 valence electrons. The van der Waals surface area contributed by atoms with E-state index in [9.17, 15) is 4.39 Å². The molecule has 3 nitrogen and oxygen atoms in total. The van der Waals surface area contributed by atoms with Crippen LogP contribution in [0.5, 0.6) is 11.5 Å². The number of aryl methyl sites for hydroxylation is 1. The lowest BCUT2D eigenvalue weighted by Gasteiger charge is -2.23. The first-order valence-corrected chi connectivity index (χ1v) is 6.76. The van der Waals surface area contributed by atoms with E-state index in [2.05, 4.69) is 5.32 Å². The molecule has 0 aliphatic carbocycles. The molecule has 1 atom stereocenters. The van der Waals surface area contributed by atoms with E-state index in [1.807, 2.05) is 32.2 Å². The maximum atomic E-state index is 13.6. The van der Waals surface area contributed by atoms with Crippen molar-refractivity contribution in [1.29, 1.82) is 0 Å². The largest absolute Gasteiger partial charge is 0.496 e. The Hall–Kier alpha value is -2.07. The van der Waals surface area contributed by atoms with E-state index in [-0.39, 0.29) is 11.9 Å². The molecule has 2 aromatic carbocycles. The van der Waals surface area contributed by atoms with Crippen LogP contribution in [-0.4, -0.2) is 21.3 Å². The molecule has 2 aromatic rings. The van der Waals surface area contributed by atoms with Gasteiger partial charge in [0.2, 0.25) is 0 Å². The van der Waals surface area contributed by atoms with Crippen molar-refractivity contribution in [2.75, 3.05) is 21.3 Å². The van der Waals surface area contributed by atoms with Crippen molar-refractivity contribution in [1.82, 2.24) is 5.32 Å². The van der Waals surface area contributed by atoms with E-state index in [0.29, 0.717) is 11.5 Å². The van der Waals surface area contributed by atoms with Gasteiger partial charge in [-0.3, -0.25) is 0 Å². The third-order valence-electron chi connectivity index (χ3n) is 3.60. The Morgan fingerprint density at radius 1 is 1.05 bits per heavy atom. The van der Waals surface area contributed by atoms with Crippen LogP contribution in [-0.2, 0) is 0 Å². The molecule has 0 saturated carbocycles. The van der Waals surface area contributed by atoms with E-state index in [0.717, 1.165) is 16.7 Å². The van der Waals surface area contributed by atoms with Gasteiger partial charge in [-0.05, 0) is 49.4 Å². The summed E-state index contributed by atoms with van der Waals surface area (Å²) in [5.41, 5.74) is 2.72. The van der Waals surface area contributed by atoms with E-state index < -0.39 is 0 Å². The summed E-state index contributed by atoms with van der Waals surface area (Å²) in [5.74, 6) is 1.15. The first-order valence-electron chi connectivity index (χ1n) is 6.76. The van der Waals surface area contributed by atoms with Crippen LogP contribution >= 0.6 is 0 Å². The Balaban J connectivity index is 2.63. The van der Waals surface area contributed by atoms with Crippen molar-refractivity contribution < 1.29 is 13.9 Å². The molecule has 1 N–H and O–H groups in total. The molecule has 0 bridgehead atoms. The van der Waals surface area contributed by atoms with Gasteiger partial charge in [0.1, 0.15) is 17.3 Å². The molecule has 0 spiro atoms. The Bertz CT molecular complexity index is 606. The summed E-state index contributed by atoms with van der Waals surface area (Å²) in [6, 6.07) is 10.2. The molecule has 0 aromatic heterocycles. The summed E-state index contributed by atoms with van der Waals surface area (Å²) >= 11 is 0. The molecule has 0 amide bonds. The molecule has 0 fully saturated rings. The summed E-state index contributed by atoms with van der Waals surface area (Å²) in [7, 11) is 5.06. The molecule has 1 unspecified atom stereocenters. The van der Waals surface area contributed by atoms with Crippen molar-refractivity contribution in [2.24, 2.45) is 0 Å². The second kappa shape index (κ2) is 6.59. The molecule has 21 heavy (non-hydrogen) atoms. The minimum absolute atomic E-state index is 0.216. The molecular weight excluding hydrogens is 269 g/mol. The molecular formula is C17H20FNO2. The number of benzene rings is 2.